The van der Waals surface area contributed by atoms with Gasteiger partial charge >= 0.3 is 0 Å². The van der Waals surface area contributed by atoms with Crippen molar-refractivity contribution in [3.63, 3.8) is 0 Å². The molecule has 0 aliphatic carbocycles. The lowest BCUT2D eigenvalue weighted by molar-refractivity contribution is 0.572. The van der Waals surface area contributed by atoms with Crippen LogP contribution in [0.5, 0.6) is 0 Å². The molecule has 16 heavy (non-hydrogen) atoms. The number of benzene rings is 1. The van der Waals surface area contributed by atoms with Crippen LogP contribution >= 0.6 is 0 Å². The molecular weight excluding hydrogens is 196 g/mol. The highest BCUT2D eigenvalue weighted by atomic mass is 15.1. The predicted octanol–water partition coefficient (Wildman–Crippen LogP) is 2.44. The van der Waals surface area contributed by atoms with Crippen LogP contribution in [-0.2, 0) is 6.42 Å². The standard InChI is InChI=1S/C14H22N2/c1-12(2)15-9-11-16-10-5-7-13-6-3-4-8-14(13)16/h3-4,6,8,12,15H,5,7,9-11H2,1-2H3. The van der Waals surface area contributed by atoms with E-state index in [1.807, 2.05) is 0 Å². The van der Waals surface area contributed by atoms with Gasteiger partial charge in [-0.15, -0.1) is 0 Å². The molecule has 1 aromatic rings. The number of nitrogens with zero attached hydrogens (tertiary/aromatic N) is 1. The Labute approximate surface area is 98.7 Å². The van der Waals surface area contributed by atoms with Crippen molar-refractivity contribution in [2.45, 2.75) is 32.7 Å². The average molecular weight is 218 g/mol. The van der Waals surface area contributed by atoms with Gasteiger partial charge in [0.25, 0.3) is 0 Å². The van der Waals surface area contributed by atoms with Crippen molar-refractivity contribution in [3.8, 4) is 0 Å². The molecule has 2 rings (SSSR count). The summed E-state index contributed by atoms with van der Waals surface area (Å²) >= 11 is 0. The van der Waals surface area contributed by atoms with Crippen molar-refractivity contribution in [2.24, 2.45) is 0 Å². The largest absolute Gasteiger partial charge is 0.370 e. The van der Waals surface area contributed by atoms with Crippen LogP contribution in [0.4, 0.5) is 5.69 Å². The Bertz CT molecular complexity index is 333. The normalized spacial score (nSPS) is 15.3. The summed E-state index contributed by atoms with van der Waals surface area (Å²) in [6.45, 7) is 7.80. The molecule has 0 unspecified atom stereocenters. The zero-order valence-corrected chi connectivity index (χ0v) is 10.4. The Kier molecular flexibility index (Phi) is 3.83. The van der Waals surface area contributed by atoms with Gasteiger partial charge < -0.3 is 10.2 Å². The molecule has 0 spiro atoms. The fourth-order valence-electron chi connectivity index (χ4n) is 2.33. The molecule has 1 heterocycles. The summed E-state index contributed by atoms with van der Waals surface area (Å²) in [4.78, 5) is 2.51. The van der Waals surface area contributed by atoms with Crippen LogP contribution < -0.4 is 10.2 Å². The molecule has 0 aromatic heterocycles. The van der Waals surface area contributed by atoms with Crippen LogP contribution in [0.2, 0.25) is 0 Å². The summed E-state index contributed by atoms with van der Waals surface area (Å²) in [7, 11) is 0. The van der Waals surface area contributed by atoms with Crippen molar-refractivity contribution in [1.82, 2.24) is 5.32 Å². The summed E-state index contributed by atoms with van der Waals surface area (Å²) in [5.41, 5.74) is 2.96. The first-order chi connectivity index (χ1) is 7.77. The Balaban J connectivity index is 1.96. The highest BCUT2D eigenvalue weighted by Crippen LogP contribution is 2.25. The van der Waals surface area contributed by atoms with Crippen LogP contribution in [0.3, 0.4) is 0 Å². The van der Waals surface area contributed by atoms with E-state index >= 15 is 0 Å². The lowest BCUT2D eigenvalue weighted by Gasteiger charge is -2.31. The number of hydrogen-bond donors (Lipinski definition) is 1. The fraction of sp³-hybridized carbons (Fsp3) is 0.571. The molecule has 0 saturated heterocycles. The molecule has 1 aromatic carbocycles. The maximum absolute atomic E-state index is 3.48. The first-order valence-electron chi connectivity index (χ1n) is 6.33. The Morgan fingerprint density at radius 2 is 2.12 bits per heavy atom. The minimum atomic E-state index is 0.583. The first kappa shape index (κ1) is 11.5. The molecular formula is C14H22N2. The van der Waals surface area contributed by atoms with Crippen molar-refractivity contribution >= 4 is 5.69 Å². The maximum atomic E-state index is 3.48. The second-order valence-electron chi connectivity index (χ2n) is 4.83. The number of hydrogen-bond acceptors (Lipinski definition) is 2. The Morgan fingerprint density at radius 3 is 2.94 bits per heavy atom. The molecule has 0 bridgehead atoms. The predicted molar refractivity (Wildman–Crippen MR) is 70.1 cm³/mol. The van der Waals surface area contributed by atoms with Gasteiger partial charge in [-0.25, -0.2) is 0 Å². The smallest absolute Gasteiger partial charge is 0.0399 e. The van der Waals surface area contributed by atoms with Crippen LogP contribution in [0.15, 0.2) is 24.3 Å². The fourth-order valence-corrected chi connectivity index (χ4v) is 2.33. The number of para-hydroxylation sites is 1. The minimum Gasteiger partial charge on any atom is -0.370 e. The molecule has 0 amide bonds. The van der Waals surface area contributed by atoms with Gasteiger partial charge in [-0.05, 0) is 24.5 Å². The minimum absolute atomic E-state index is 0.583. The van der Waals surface area contributed by atoms with Gasteiger partial charge in [0.1, 0.15) is 0 Å². The van der Waals surface area contributed by atoms with E-state index in [2.05, 4.69) is 48.3 Å². The van der Waals surface area contributed by atoms with E-state index in [1.54, 1.807) is 0 Å². The molecule has 1 aliphatic rings. The second-order valence-corrected chi connectivity index (χ2v) is 4.83. The number of anilines is 1. The molecule has 0 saturated carbocycles. The molecule has 1 N–H and O–H groups in total. The monoisotopic (exact) mass is 218 g/mol. The summed E-state index contributed by atoms with van der Waals surface area (Å²) in [6, 6.07) is 9.39. The molecule has 88 valence electrons. The van der Waals surface area contributed by atoms with Crippen molar-refractivity contribution in [3.05, 3.63) is 29.8 Å². The van der Waals surface area contributed by atoms with Crippen LogP contribution in [0.25, 0.3) is 0 Å². The van der Waals surface area contributed by atoms with E-state index in [9.17, 15) is 0 Å². The maximum Gasteiger partial charge on any atom is 0.0399 e. The van der Waals surface area contributed by atoms with Gasteiger partial charge in [0, 0.05) is 31.4 Å². The molecule has 0 radical (unpaired) electrons. The van der Waals surface area contributed by atoms with Gasteiger partial charge in [0.2, 0.25) is 0 Å². The number of rotatable bonds is 4. The topological polar surface area (TPSA) is 15.3 Å². The third-order valence-electron chi connectivity index (χ3n) is 3.14. The highest BCUT2D eigenvalue weighted by molar-refractivity contribution is 5.55. The summed E-state index contributed by atoms with van der Waals surface area (Å²) in [5, 5.41) is 3.48. The van der Waals surface area contributed by atoms with E-state index in [4.69, 9.17) is 0 Å². The van der Waals surface area contributed by atoms with Crippen LogP contribution in [-0.4, -0.2) is 25.7 Å². The quantitative estimate of drug-likeness (QED) is 0.835. The Hall–Kier alpha value is -1.02. The van der Waals surface area contributed by atoms with Gasteiger partial charge in [-0.1, -0.05) is 32.0 Å². The van der Waals surface area contributed by atoms with Gasteiger partial charge in [0.05, 0.1) is 0 Å². The SMILES string of the molecule is CC(C)NCCN1CCCc2ccccc21. The van der Waals surface area contributed by atoms with Gasteiger partial charge in [-0.3, -0.25) is 0 Å². The molecule has 2 heteroatoms. The number of fused-ring (bicyclic) bond motifs is 1. The highest BCUT2D eigenvalue weighted by Gasteiger charge is 2.15. The van der Waals surface area contributed by atoms with E-state index in [1.165, 1.54) is 30.6 Å². The summed E-state index contributed by atoms with van der Waals surface area (Å²) in [6.07, 6.45) is 2.53. The molecule has 0 fully saturated rings. The lowest BCUT2D eigenvalue weighted by atomic mass is 10.0. The van der Waals surface area contributed by atoms with Gasteiger partial charge in [-0.2, -0.15) is 0 Å². The second kappa shape index (κ2) is 5.35. The van der Waals surface area contributed by atoms with E-state index in [0.29, 0.717) is 6.04 Å². The first-order valence-corrected chi connectivity index (χ1v) is 6.33. The van der Waals surface area contributed by atoms with E-state index < -0.39 is 0 Å². The van der Waals surface area contributed by atoms with Crippen LogP contribution in [0, 0.1) is 0 Å². The molecule has 2 nitrogen and oxygen atoms in total. The van der Waals surface area contributed by atoms with Crippen LogP contribution in [0.1, 0.15) is 25.8 Å². The third-order valence-corrected chi connectivity index (χ3v) is 3.14. The summed E-state index contributed by atoms with van der Waals surface area (Å²) in [5.74, 6) is 0. The van der Waals surface area contributed by atoms with Crippen molar-refractivity contribution < 1.29 is 0 Å². The van der Waals surface area contributed by atoms with E-state index in [-0.39, 0.29) is 0 Å². The van der Waals surface area contributed by atoms with E-state index in [0.717, 1.165) is 13.1 Å². The van der Waals surface area contributed by atoms with Gasteiger partial charge in [0.15, 0.2) is 0 Å². The zero-order valence-electron chi connectivity index (χ0n) is 10.4. The molecule has 0 atom stereocenters. The third kappa shape index (κ3) is 2.76. The number of nitrogens with one attached hydrogen (secondary N) is 1. The summed E-state index contributed by atoms with van der Waals surface area (Å²) < 4.78 is 0. The zero-order chi connectivity index (χ0) is 11.4. The average Bonchev–Trinajstić information content (AvgIpc) is 2.29. The lowest BCUT2D eigenvalue weighted by Crippen LogP contribution is -2.37. The Morgan fingerprint density at radius 1 is 1.31 bits per heavy atom. The number of aryl methyl sites for hydroxylation is 1. The van der Waals surface area contributed by atoms with Crippen molar-refractivity contribution in [1.29, 1.82) is 0 Å². The van der Waals surface area contributed by atoms with Crippen molar-refractivity contribution in [2.75, 3.05) is 24.5 Å². The molecule has 1 aliphatic heterocycles.